The number of nitrogens with zero attached hydrogens (tertiary/aromatic N) is 1. The van der Waals surface area contributed by atoms with E-state index in [0.29, 0.717) is 18.8 Å². The van der Waals surface area contributed by atoms with Crippen molar-refractivity contribution < 1.29 is 10.2 Å². The maximum absolute atomic E-state index is 9.45. The van der Waals surface area contributed by atoms with E-state index in [4.69, 9.17) is 5.73 Å². The van der Waals surface area contributed by atoms with E-state index >= 15 is 0 Å². The first-order valence-corrected chi connectivity index (χ1v) is 5.04. The lowest BCUT2D eigenvalue weighted by Gasteiger charge is -2.18. The van der Waals surface area contributed by atoms with E-state index in [0.717, 1.165) is 11.3 Å². The largest absolute Gasteiger partial charge is 0.399 e. The van der Waals surface area contributed by atoms with Crippen molar-refractivity contribution in [3.8, 4) is 0 Å². The molecule has 0 radical (unpaired) electrons. The van der Waals surface area contributed by atoms with Crippen molar-refractivity contribution in [2.75, 3.05) is 23.7 Å². The average Bonchev–Trinajstić information content (AvgIpc) is 2.45. The highest BCUT2D eigenvalue weighted by atomic mass is 16.3. The standard InChI is InChI=1S/C11H16N2O2/c1-7-2-8(12)4-9(3-7)13-5-10(14)11(15)6-13/h2-4,10-11,14-15H,5-6,12H2,1H3. The third-order valence-corrected chi connectivity index (χ3v) is 2.71. The topological polar surface area (TPSA) is 69.7 Å². The first-order chi connectivity index (χ1) is 7.06. The molecule has 0 amide bonds. The van der Waals surface area contributed by atoms with Crippen LogP contribution in [0.4, 0.5) is 11.4 Å². The molecule has 0 spiro atoms. The third kappa shape index (κ3) is 2.06. The molecule has 4 heteroatoms. The molecule has 1 aromatic rings. The number of rotatable bonds is 1. The molecule has 1 saturated heterocycles. The van der Waals surface area contributed by atoms with Gasteiger partial charge in [-0.05, 0) is 30.7 Å². The molecule has 2 atom stereocenters. The molecular weight excluding hydrogens is 192 g/mol. The third-order valence-electron chi connectivity index (χ3n) is 2.71. The fourth-order valence-electron chi connectivity index (χ4n) is 1.95. The van der Waals surface area contributed by atoms with Gasteiger partial charge in [-0.15, -0.1) is 0 Å². The first kappa shape index (κ1) is 10.3. The first-order valence-electron chi connectivity index (χ1n) is 5.04. The minimum Gasteiger partial charge on any atom is -0.399 e. The number of aliphatic hydroxyl groups is 2. The van der Waals surface area contributed by atoms with Gasteiger partial charge in [0, 0.05) is 24.5 Å². The summed E-state index contributed by atoms with van der Waals surface area (Å²) in [5, 5.41) is 18.9. The highest BCUT2D eigenvalue weighted by Gasteiger charge is 2.29. The van der Waals surface area contributed by atoms with E-state index in [1.165, 1.54) is 0 Å². The summed E-state index contributed by atoms with van der Waals surface area (Å²) >= 11 is 0. The number of anilines is 2. The highest BCUT2D eigenvalue weighted by molar-refractivity contribution is 5.59. The number of benzene rings is 1. The normalized spacial score (nSPS) is 25.9. The molecule has 2 unspecified atom stereocenters. The fourth-order valence-corrected chi connectivity index (χ4v) is 1.95. The van der Waals surface area contributed by atoms with E-state index < -0.39 is 12.2 Å². The zero-order chi connectivity index (χ0) is 11.0. The minimum absolute atomic E-state index is 0.462. The fraction of sp³-hybridized carbons (Fsp3) is 0.455. The molecule has 1 heterocycles. The van der Waals surface area contributed by atoms with Crippen molar-refractivity contribution >= 4 is 11.4 Å². The van der Waals surface area contributed by atoms with E-state index in [1.54, 1.807) is 0 Å². The van der Waals surface area contributed by atoms with Crippen molar-refractivity contribution in [1.29, 1.82) is 0 Å². The number of aryl methyl sites for hydroxylation is 1. The van der Waals surface area contributed by atoms with Crippen molar-refractivity contribution in [3.63, 3.8) is 0 Å². The van der Waals surface area contributed by atoms with Gasteiger partial charge < -0.3 is 20.8 Å². The van der Waals surface area contributed by atoms with Crippen LogP contribution in [0.15, 0.2) is 18.2 Å². The lowest BCUT2D eigenvalue weighted by atomic mass is 10.2. The number of hydrogen-bond acceptors (Lipinski definition) is 4. The molecule has 4 nitrogen and oxygen atoms in total. The molecule has 2 rings (SSSR count). The molecule has 1 aromatic carbocycles. The Bertz CT molecular complexity index is 337. The van der Waals surface area contributed by atoms with E-state index in [2.05, 4.69) is 0 Å². The Labute approximate surface area is 88.9 Å². The van der Waals surface area contributed by atoms with Crippen LogP contribution in [-0.4, -0.2) is 35.5 Å². The summed E-state index contributed by atoms with van der Waals surface area (Å²) < 4.78 is 0. The molecule has 1 aliphatic heterocycles. The van der Waals surface area contributed by atoms with Gasteiger partial charge in [-0.25, -0.2) is 0 Å². The molecule has 82 valence electrons. The van der Waals surface area contributed by atoms with Crippen LogP contribution in [0.5, 0.6) is 0 Å². The van der Waals surface area contributed by atoms with Crippen LogP contribution in [0.2, 0.25) is 0 Å². The molecule has 15 heavy (non-hydrogen) atoms. The summed E-state index contributed by atoms with van der Waals surface area (Å²) in [4.78, 5) is 1.94. The Balaban J connectivity index is 2.23. The maximum atomic E-state index is 9.45. The number of β-amino-alcohol motifs (C(OH)–C–C–N with tert-alkyl or cyclic N) is 2. The molecule has 0 aliphatic carbocycles. The Hall–Kier alpha value is -1.26. The smallest absolute Gasteiger partial charge is 0.0990 e. The lowest BCUT2D eigenvalue weighted by Crippen LogP contribution is -2.22. The summed E-state index contributed by atoms with van der Waals surface area (Å²) in [5.41, 5.74) is 8.50. The van der Waals surface area contributed by atoms with Crippen LogP contribution in [0.1, 0.15) is 5.56 Å². The quantitative estimate of drug-likeness (QED) is 0.573. The predicted molar refractivity (Wildman–Crippen MR) is 59.8 cm³/mol. The molecule has 1 fully saturated rings. The summed E-state index contributed by atoms with van der Waals surface area (Å²) in [6.45, 7) is 2.90. The molecule has 0 aromatic heterocycles. The van der Waals surface area contributed by atoms with Crippen LogP contribution in [0, 0.1) is 6.92 Å². The summed E-state index contributed by atoms with van der Waals surface area (Å²) in [6.07, 6.45) is -1.32. The zero-order valence-corrected chi connectivity index (χ0v) is 8.72. The molecule has 1 aliphatic rings. The van der Waals surface area contributed by atoms with E-state index in [9.17, 15) is 10.2 Å². The van der Waals surface area contributed by atoms with Crippen LogP contribution >= 0.6 is 0 Å². The lowest BCUT2D eigenvalue weighted by molar-refractivity contribution is 0.0572. The van der Waals surface area contributed by atoms with Gasteiger partial charge in [-0.3, -0.25) is 0 Å². The van der Waals surface area contributed by atoms with Gasteiger partial charge in [0.1, 0.15) is 0 Å². The van der Waals surface area contributed by atoms with Crippen molar-refractivity contribution in [3.05, 3.63) is 23.8 Å². The summed E-state index contributed by atoms with van der Waals surface area (Å²) in [7, 11) is 0. The number of nitrogens with two attached hydrogens (primary N) is 1. The van der Waals surface area contributed by atoms with Gasteiger partial charge >= 0.3 is 0 Å². The average molecular weight is 208 g/mol. The van der Waals surface area contributed by atoms with Crippen LogP contribution in [0.3, 0.4) is 0 Å². The predicted octanol–water partition coefficient (Wildman–Crippen LogP) is 0.119. The van der Waals surface area contributed by atoms with Gasteiger partial charge in [0.05, 0.1) is 12.2 Å². The van der Waals surface area contributed by atoms with Crippen LogP contribution < -0.4 is 10.6 Å². The molecule has 0 saturated carbocycles. The Kier molecular flexibility index (Phi) is 2.54. The second kappa shape index (κ2) is 3.72. The summed E-state index contributed by atoms with van der Waals surface area (Å²) in [5.74, 6) is 0. The maximum Gasteiger partial charge on any atom is 0.0990 e. The van der Waals surface area contributed by atoms with Gasteiger partial charge in [-0.2, -0.15) is 0 Å². The van der Waals surface area contributed by atoms with Gasteiger partial charge in [0.15, 0.2) is 0 Å². The number of nitrogen functional groups attached to an aromatic ring is 1. The SMILES string of the molecule is Cc1cc(N)cc(N2CC(O)C(O)C2)c1. The molecule has 0 bridgehead atoms. The van der Waals surface area contributed by atoms with Crippen molar-refractivity contribution in [2.24, 2.45) is 0 Å². The Morgan fingerprint density at radius 1 is 1.20 bits per heavy atom. The highest BCUT2D eigenvalue weighted by Crippen LogP contribution is 2.24. The van der Waals surface area contributed by atoms with Gasteiger partial charge in [0.2, 0.25) is 0 Å². The van der Waals surface area contributed by atoms with Crippen LogP contribution in [-0.2, 0) is 0 Å². The monoisotopic (exact) mass is 208 g/mol. The molecular formula is C11H16N2O2. The number of hydrogen-bond donors (Lipinski definition) is 3. The van der Waals surface area contributed by atoms with E-state index in [1.807, 2.05) is 30.0 Å². The van der Waals surface area contributed by atoms with E-state index in [-0.39, 0.29) is 0 Å². The summed E-state index contributed by atoms with van der Waals surface area (Å²) in [6, 6.07) is 5.76. The van der Waals surface area contributed by atoms with Crippen molar-refractivity contribution in [2.45, 2.75) is 19.1 Å². The Morgan fingerprint density at radius 3 is 2.33 bits per heavy atom. The van der Waals surface area contributed by atoms with Gasteiger partial charge in [-0.1, -0.05) is 0 Å². The molecule has 4 N–H and O–H groups in total. The Morgan fingerprint density at radius 2 is 1.80 bits per heavy atom. The minimum atomic E-state index is -0.660. The van der Waals surface area contributed by atoms with Gasteiger partial charge in [0.25, 0.3) is 0 Å². The van der Waals surface area contributed by atoms with Crippen LogP contribution in [0.25, 0.3) is 0 Å². The second-order valence-electron chi connectivity index (χ2n) is 4.14. The van der Waals surface area contributed by atoms with Crippen molar-refractivity contribution in [1.82, 2.24) is 0 Å². The zero-order valence-electron chi connectivity index (χ0n) is 8.72. The second-order valence-corrected chi connectivity index (χ2v) is 4.14. The number of aliphatic hydroxyl groups excluding tert-OH is 2.